The van der Waals surface area contributed by atoms with Gasteiger partial charge in [-0.25, -0.2) is 9.18 Å². The van der Waals surface area contributed by atoms with Gasteiger partial charge < -0.3 is 20.1 Å². The standard InChI is InChI=1S/C16H21FN2O4/c1-10(13-9-12(17)3-4-14(13)23-2)18-16(22)19-7-5-11(6-8-19)15(20)21/h3-4,9-11H,5-8H2,1-2H3,(H,18,22)(H,20,21). The Hall–Kier alpha value is -2.31. The summed E-state index contributed by atoms with van der Waals surface area (Å²) in [5.41, 5.74) is 0.557. The summed E-state index contributed by atoms with van der Waals surface area (Å²) in [6.07, 6.45) is 0.890. The number of aliphatic carboxylic acids is 1. The fourth-order valence-electron chi connectivity index (χ4n) is 2.73. The maximum atomic E-state index is 13.4. The highest BCUT2D eigenvalue weighted by Gasteiger charge is 2.27. The molecular formula is C16H21FN2O4. The normalized spacial score (nSPS) is 16.7. The molecule has 0 bridgehead atoms. The number of piperidine rings is 1. The molecule has 6 nitrogen and oxygen atoms in total. The molecule has 1 aliphatic heterocycles. The highest BCUT2D eigenvalue weighted by atomic mass is 19.1. The lowest BCUT2D eigenvalue weighted by Gasteiger charge is -2.31. The van der Waals surface area contributed by atoms with Crippen LogP contribution < -0.4 is 10.1 Å². The molecule has 7 heteroatoms. The van der Waals surface area contributed by atoms with Gasteiger partial charge in [-0.15, -0.1) is 0 Å². The van der Waals surface area contributed by atoms with Gasteiger partial charge in [0.15, 0.2) is 0 Å². The first-order valence-corrected chi connectivity index (χ1v) is 7.54. The summed E-state index contributed by atoms with van der Waals surface area (Å²) in [5.74, 6) is -1.10. The zero-order chi connectivity index (χ0) is 17.0. The van der Waals surface area contributed by atoms with Crippen molar-refractivity contribution in [2.75, 3.05) is 20.2 Å². The minimum Gasteiger partial charge on any atom is -0.496 e. The molecule has 1 aromatic carbocycles. The monoisotopic (exact) mass is 324 g/mol. The molecule has 0 radical (unpaired) electrons. The van der Waals surface area contributed by atoms with E-state index in [9.17, 15) is 14.0 Å². The SMILES string of the molecule is COc1ccc(F)cc1C(C)NC(=O)N1CCC(C(=O)O)CC1. The predicted molar refractivity (Wildman–Crippen MR) is 81.8 cm³/mol. The number of methoxy groups -OCH3 is 1. The van der Waals surface area contributed by atoms with Crippen molar-refractivity contribution in [1.29, 1.82) is 0 Å². The zero-order valence-corrected chi connectivity index (χ0v) is 13.2. The van der Waals surface area contributed by atoms with Crippen LogP contribution >= 0.6 is 0 Å². The minimum absolute atomic E-state index is 0.285. The first-order chi connectivity index (χ1) is 10.9. The van der Waals surface area contributed by atoms with Crippen molar-refractivity contribution in [3.63, 3.8) is 0 Å². The van der Waals surface area contributed by atoms with E-state index < -0.39 is 17.8 Å². The van der Waals surface area contributed by atoms with Gasteiger partial charge in [-0.05, 0) is 38.0 Å². The van der Waals surface area contributed by atoms with Crippen molar-refractivity contribution in [3.8, 4) is 5.75 Å². The molecule has 1 fully saturated rings. The van der Waals surface area contributed by atoms with Crippen LogP contribution in [0.1, 0.15) is 31.4 Å². The Morgan fingerprint density at radius 2 is 2.04 bits per heavy atom. The van der Waals surface area contributed by atoms with Crippen molar-refractivity contribution >= 4 is 12.0 Å². The lowest BCUT2D eigenvalue weighted by molar-refractivity contribution is -0.143. The second-order valence-corrected chi connectivity index (χ2v) is 5.66. The minimum atomic E-state index is -0.817. The summed E-state index contributed by atoms with van der Waals surface area (Å²) in [5, 5.41) is 11.8. The number of carbonyl (C=O) groups excluding carboxylic acids is 1. The highest BCUT2D eigenvalue weighted by molar-refractivity contribution is 5.76. The first kappa shape index (κ1) is 17.1. The number of carboxylic acids is 1. The van der Waals surface area contributed by atoms with Gasteiger partial charge in [-0.1, -0.05) is 0 Å². The lowest BCUT2D eigenvalue weighted by atomic mass is 9.97. The Morgan fingerprint density at radius 3 is 2.61 bits per heavy atom. The van der Waals surface area contributed by atoms with Gasteiger partial charge in [-0.2, -0.15) is 0 Å². The molecule has 1 unspecified atom stereocenters. The molecule has 2 amide bonds. The molecule has 1 aromatic rings. The maximum Gasteiger partial charge on any atom is 0.317 e. The number of hydrogen-bond donors (Lipinski definition) is 2. The summed E-state index contributed by atoms with van der Waals surface area (Å²) < 4.78 is 18.6. The quantitative estimate of drug-likeness (QED) is 0.891. The fourth-order valence-corrected chi connectivity index (χ4v) is 2.73. The molecule has 0 aliphatic carbocycles. The number of hydrogen-bond acceptors (Lipinski definition) is 3. The largest absolute Gasteiger partial charge is 0.496 e. The average molecular weight is 324 g/mol. The molecule has 126 valence electrons. The number of carbonyl (C=O) groups is 2. The number of carboxylic acid groups (broad SMARTS) is 1. The second kappa shape index (κ2) is 7.30. The Bertz CT molecular complexity index is 585. The molecule has 2 N–H and O–H groups in total. The van der Waals surface area contributed by atoms with Gasteiger partial charge in [0.05, 0.1) is 19.1 Å². The summed E-state index contributed by atoms with van der Waals surface area (Å²) >= 11 is 0. The summed E-state index contributed by atoms with van der Waals surface area (Å²) in [6.45, 7) is 2.55. The smallest absolute Gasteiger partial charge is 0.317 e. The third kappa shape index (κ3) is 4.12. The number of urea groups is 1. The summed E-state index contributed by atoms with van der Waals surface area (Å²) in [7, 11) is 1.49. The van der Waals surface area contributed by atoms with E-state index in [1.807, 2.05) is 0 Å². The van der Waals surface area contributed by atoms with Crippen LogP contribution in [0.3, 0.4) is 0 Å². The van der Waals surface area contributed by atoms with Crippen molar-refractivity contribution in [2.45, 2.75) is 25.8 Å². The van der Waals surface area contributed by atoms with Crippen molar-refractivity contribution in [2.24, 2.45) is 5.92 Å². The third-order valence-corrected chi connectivity index (χ3v) is 4.13. The van der Waals surface area contributed by atoms with Crippen molar-refractivity contribution in [1.82, 2.24) is 10.2 Å². The van der Waals surface area contributed by atoms with Gasteiger partial charge in [-0.3, -0.25) is 4.79 Å². The molecule has 0 spiro atoms. The number of benzene rings is 1. The van der Waals surface area contributed by atoms with Crippen LogP contribution in [0, 0.1) is 11.7 Å². The Morgan fingerprint density at radius 1 is 1.39 bits per heavy atom. The molecule has 0 aromatic heterocycles. The van der Waals surface area contributed by atoms with E-state index in [-0.39, 0.29) is 11.9 Å². The molecular weight excluding hydrogens is 303 g/mol. The van der Waals surface area contributed by atoms with Crippen LogP contribution in [0.15, 0.2) is 18.2 Å². The van der Waals surface area contributed by atoms with Crippen LogP contribution in [0.4, 0.5) is 9.18 Å². The summed E-state index contributed by atoms with van der Waals surface area (Å²) in [6, 6.07) is 3.44. The molecule has 23 heavy (non-hydrogen) atoms. The molecule has 1 saturated heterocycles. The number of nitrogens with one attached hydrogen (secondary N) is 1. The number of rotatable bonds is 4. The number of amides is 2. The van der Waals surface area contributed by atoms with E-state index in [1.165, 1.54) is 25.3 Å². The topological polar surface area (TPSA) is 78.9 Å². The second-order valence-electron chi connectivity index (χ2n) is 5.66. The fraction of sp³-hybridized carbons (Fsp3) is 0.500. The molecule has 1 aliphatic rings. The van der Waals surface area contributed by atoms with Crippen molar-refractivity contribution in [3.05, 3.63) is 29.6 Å². The van der Waals surface area contributed by atoms with Crippen LogP contribution in [0.25, 0.3) is 0 Å². The number of nitrogens with zero attached hydrogens (tertiary/aromatic N) is 1. The number of ether oxygens (including phenoxy) is 1. The van der Waals surface area contributed by atoms with E-state index in [2.05, 4.69) is 5.32 Å². The molecule has 0 saturated carbocycles. The molecule has 1 heterocycles. The van der Waals surface area contributed by atoms with Gasteiger partial charge in [0.25, 0.3) is 0 Å². The van der Waals surface area contributed by atoms with Gasteiger partial charge in [0.1, 0.15) is 11.6 Å². The van der Waals surface area contributed by atoms with Crippen LogP contribution in [0.5, 0.6) is 5.75 Å². The van der Waals surface area contributed by atoms with Gasteiger partial charge in [0.2, 0.25) is 0 Å². The third-order valence-electron chi connectivity index (χ3n) is 4.13. The van der Waals surface area contributed by atoms with E-state index in [4.69, 9.17) is 9.84 Å². The summed E-state index contributed by atoms with van der Waals surface area (Å²) in [4.78, 5) is 24.8. The van der Waals surface area contributed by atoms with E-state index in [0.717, 1.165) is 0 Å². The highest BCUT2D eigenvalue weighted by Crippen LogP contribution is 2.26. The zero-order valence-electron chi connectivity index (χ0n) is 13.2. The van der Waals surface area contributed by atoms with Crippen LogP contribution in [-0.4, -0.2) is 42.2 Å². The maximum absolute atomic E-state index is 13.4. The predicted octanol–water partition coefficient (Wildman–Crippen LogP) is 2.40. The number of halogens is 1. The van der Waals surface area contributed by atoms with E-state index in [0.29, 0.717) is 37.2 Å². The van der Waals surface area contributed by atoms with E-state index >= 15 is 0 Å². The van der Waals surface area contributed by atoms with Gasteiger partial charge >= 0.3 is 12.0 Å². The van der Waals surface area contributed by atoms with Crippen molar-refractivity contribution < 1.29 is 23.8 Å². The molecule has 1 atom stereocenters. The number of likely N-dealkylation sites (tertiary alicyclic amines) is 1. The van der Waals surface area contributed by atoms with E-state index in [1.54, 1.807) is 11.8 Å². The Balaban J connectivity index is 1.98. The van der Waals surface area contributed by atoms with Crippen LogP contribution in [0.2, 0.25) is 0 Å². The first-order valence-electron chi connectivity index (χ1n) is 7.54. The average Bonchev–Trinajstić information content (AvgIpc) is 2.54. The van der Waals surface area contributed by atoms with Crippen LogP contribution in [-0.2, 0) is 4.79 Å². The lowest BCUT2D eigenvalue weighted by Crippen LogP contribution is -2.46. The van der Waals surface area contributed by atoms with Gasteiger partial charge in [0, 0.05) is 18.7 Å². The molecule has 2 rings (SSSR count). The Labute approximate surface area is 134 Å². The Kier molecular flexibility index (Phi) is 5.41.